The number of nitro groups is 1. The second kappa shape index (κ2) is 9.50. The number of halogens is 3. The van der Waals surface area contributed by atoms with Gasteiger partial charge in [0, 0.05) is 29.7 Å². The number of aromatic nitrogens is 2. The summed E-state index contributed by atoms with van der Waals surface area (Å²) in [6, 6.07) is 11.9. The van der Waals surface area contributed by atoms with Crippen LogP contribution in [0.4, 0.5) is 42.0 Å². The third-order valence-electron chi connectivity index (χ3n) is 4.11. The van der Waals surface area contributed by atoms with E-state index in [9.17, 15) is 23.3 Å². The summed E-state index contributed by atoms with van der Waals surface area (Å²) in [5.74, 6) is 0.407. The lowest BCUT2D eigenvalue weighted by molar-refractivity contribution is -0.384. The minimum absolute atomic E-state index is 0.0817. The van der Waals surface area contributed by atoms with Crippen LogP contribution in [0.5, 0.6) is 5.75 Å². The monoisotopic (exact) mass is 447 g/mol. The fraction of sp³-hybridized carbons (Fsp3) is 0.238. The molecule has 0 unspecified atom stereocenters. The van der Waals surface area contributed by atoms with Gasteiger partial charge in [0.05, 0.1) is 11.5 Å². The van der Waals surface area contributed by atoms with E-state index in [4.69, 9.17) is 4.74 Å². The van der Waals surface area contributed by atoms with Gasteiger partial charge < -0.3 is 15.4 Å². The van der Waals surface area contributed by atoms with E-state index in [0.29, 0.717) is 30.2 Å². The summed E-state index contributed by atoms with van der Waals surface area (Å²) < 4.78 is 45.9. The quantitative estimate of drug-likeness (QED) is 0.326. The predicted molar refractivity (Wildman–Crippen MR) is 113 cm³/mol. The molecule has 0 amide bonds. The summed E-state index contributed by atoms with van der Waals surface area (Å²) in [6.45, 7) is 4.61. The molecule has 1 aromatic heterocycles. The van der Waals surface area contributed by atoms with Crippen molar-refractivity contribution in [2.45, 2.75) is 20.0 Å². The Bertz CT molecular complexity index is 1090. The van der Waals surface area contributed by atoms with Crippen LogP contribution < -0.4 is 15.4 Å². The second-order valence-electron chi connectivity index (χ2n) is 7.24. The van der Waals surface area contributed by atoms with Gasteiger partial charge in [0.2, 0.25) is 5.95 Å². The number of ether oxygens (including phenoxy) is 1. The van der Waals surface area contributed by atoms with Crippen LogP contribution in [0.2, 0.25) is 0 Å². The minimum atomic E-state index is -4.73. The van der Waals surface area contributed by atoms with Crippen LogP contribution >= 0.6 is 0 Å². The standard InChI is InChI=1S/C21H20F3N5O3/c1-13(2)12-32-17-8-6-14(7-9-17)27-20-25-11-18(21(22,23)24)19(28-20)26-15-4-3-5-16(10-15)29(30)31/h3-11,13H,12H2,1-2H3,(H2,25,26,27,28). The molecule has 0 atom stereocenters. The Hall–Kier alpha value is -3.89. The first-order valence-corrected chi connectivity index (χ1v) is 9.57. The van der Waals surface area contributed by atoms with Crippen molar-refractivity contribution in [2.75, 3.05) is 17.2 Å². The number of alkyl halides is 3. The summed E-state index contributed by atoms with van der Waals surface area (Å²) in [5, 5.41) is 16.3. The highest BCUT2D eigenvalue weighted by molar-refractivity contribution is 5.64. The number of nitro benzene ring substituents is 1. The molecule has 0 spiro atoms. The first-order valence-electron chi connectivity index (χ1n) is 9.57. The van der Waals surface area contributed by atoms with Crippen molar-refractivity contribution in [3.05, 3.63) is 70.4 Å². The maximum absolute atomic E-state index is 13.4. The van der Waals surface area contributed by atoms with Crippen molar-refractivity contribution in [3.8, 4) is 5.75 Å². The van der Waals surface area contributed by atoms with Crippen molar-refractivity contribution in [3.63, 3.8) is 0 Å². The fourth-order valence-corrected chi connectivity index (χ4v) is 2.61. The molecule has 1 heterocycles. The lowest BCUT2D eigenvalue weighted by Crippen LogP contribution is -2.12. The first kappa shape index (κ1) is 22.8. The van der Waals surface area contributed by atoms with Gasteiger partial charge >= 0.3 is 6.18 Å². The third kappa shape index (κ3) is 6.06. The Labute approximate surface area is 181 Å². The van der Waals surface area contributed by atoms with Gasteiger partial charge in [-0.2, -0.15) is 18.2 Å². The van der Waals surface area contributed by atoms with Crippen LogP contribution in [0.25, 0.3) is 0 Å². The molecule has 0 aliphatic rings. The molecule has 11 heteroatoms. The summed E-state index contributed by atoms with van der Waals surface area (Å²) in [4.78, 5) is 18.0. The van der Waals surface area contributed by atoms with E-state index in [-0.39, 0.29) is 17.3 Å². The van der Waals surface area contributed by atoms with Crippen LogP contribution in [0.3, 0.4) is 0 Å². The zero-order valence-corrected chi connectivity index (χ0v) is 17.2. The number of anilines is 4. The van der Waals surface area contributed by atoms with Crippen LogP contribution in [-0.4, -0.2) is 21.5 Å². The van der Waals surface area contributed by atoms with Crippen LogP contribution in [0.15, 0.2) is 54.7 Å². The zero-order chi connectivity index (χ0) is 23.3. The Morgan fingerprint density at radius 3 is 2.44 bits per heavy atom. The van der Waals surface area contributed by atoms with E-state index >= 15 is 0 Å². The summed E-state index contributed by atoms with van der Waals surface area (Å²) in [5.41, 5.74) is -0.744. The van der Waals surface area contributed by atoms with Gasteiger partial charge in [0.1, 0.15) is 17.1 Å². The SMILES string of the molecule is CC(C)COc1ccc(Nc2ncc(C(F)(F)F)c(Nc3cccc([N+](=O)[O-])c3)n2)cc1. The smallest absolute Gasteiger partial charge is 0.421 e. The van der Waals surface area contributed by atoms with E-state index in [2.05, 4.69) is 20.6 Å². The number of nitrogens with zero attached hydrogens (tertiary/aromatic N) is 3. The molecule has 168 valence electrons. The predicted octanol–water partition coefficient (Wildman–Crippen LogP) is 5.93. The molecule has 32 heavy (non-hydrogen) atoms. The Kier molecular flexibility index (Phi) is 6.76. The van der Waals surface area contributed by atoms with E-state index in [0.717, 1.165) is 6.07 Å². The molecule has 3 aromatic rings. The van der Waals surface area contributed by atoms with Gasteiger partial charge in [-0.3, -0.25) is 10.1 Å². The van der Waals surface area contributed by atoms with Crippen LogP contribution in [0.1, 0.15) is 19.4 Å². The Morgan fingerprint density at radius 1 is 1.09 bits per heavy atom. The van der Waals surface area contributed by atoms with Crippen molar-refractivity contribution in [2.24, 2.45) is 5.92 Å². The molecule has 0 aliphatic carbocycles. The van der Waals surface area contributed by atoms with Crippen LogP contribution in [0, 0.1) is 16.0 Å². The lowest BCUT2D eigenvalue weighted by Gasteiger charge is -2.15. The molecule has 0 saturated heterocycles. The number of rotatable bonds is 8. The van der Waals surface area contributed by atoms with Gasteiger partial charge in [-0.1, -0.05) is 19.9 Å². The number of benzene rings is 2. The van der Waals surface area contributed by atoms with Crippen molar-refractivity contribution >= 4 is 28.8 Å². The van der Waals surface area contributed by atoms with Crippen molar-refractivity contribution < 1.29 is 22.8 Å². The van der Waals surface area contributed by atoms with Crippen molar-refractivity contribution in [1.82, 2.24) is 9.97 Å². The molecular formula is C21H20F3N5O3. The van der Waals surface area contributed by atoms with E-state index in [1.165, 1.54) is 18.2 Å². The molecule has 3 rings (SSSR count). The number of hydrogen-bond donors (Lipinski definition) is 2. The zero-order valence-electron chi connectivity index (χ0n) is 17.2. The first-order chi connectivity index (χ1) is 15.1. The summed E-state index contributed by atoms with van der Waals surface area (Å²) in [6.07, 6.45) is -4.08. The van der Waals surface area contributed by atoms with E-state index < -0.39 is 22.5 Å². The molecule has 0 fully saturated rings. The molecule has 0 radical (unpaired) electrons. The van der Waals surface area contributed by atoms with Gasteiger partial charge in [0.15, 0.2) is 0 Å². The van der Waals surface area contributed by atoms with Crippen LogP contribution in [-0.2, 0) is 6.18 Å². The molecule has 2 aromatic carbocycles. The molecule has 0 aliphatic heterocycles. The Balaban J connectivity index is 1.84. The maximum Gasteiger partial charge on any atom is 0.421 e. The summed E-state index contributed by atoms with van der Waals surface area (Å²) >= 11 is 0. The van der Waals surface area contributed by atoms with Gasteiger partial charge in [0.25, 0.3) is 5.69 Å². The number of non-ortho nitro benzene ring substituents is 1. The topological polar surface area (TPSA) is 102 Å². The highest BCUT2D eigenvalue weighted by atomic mass is 19.4. The van der Waals surface area contributed by atoms with E-state index in [1.54, 1.807) is 24.3 Å². The van der Waals surface area contributed by atoms with Gasteiger partial charge in [-0.05, 0) is 36.2 Å². The lowest BCUT2D eigenvalue weighted by atomic mass is 10.2. The fourth-order valence-electron chi connectivity index (χ4n) is 2.61. The normalized spacial score (nSPS) is 11.3. The number of hydrogen-bond acceptors (Lipinski definition) is 7. The molecule has 0 saturated carbocycles. The molecular weight excluding hydrogens is 427 g/mol. The van der Waals surface area contributed by atoms with E-state index in [1.807, 2.05) is 13.8 Å². The average molecular weight is 447 g/mol. The third-order valence-corrected chi connectivity index (χ3v) is 4.11. The minimum Gasteiger partial charge on any atom is -0.493 e. The second-order valence-corrected chi connectivity index (χ2v) is 7.24. The Morgan fingerprint density at radius 2 is 1.81 bits per heavy atom. The average Bonchev–Trinajstić information content (AvgIpc) is 2.72. The molecule has 2 N–H and O–H groups in total. The molecule has 8 nitrogen and oxygen atoms in total. The molecule has 0 bridgehead atoms. The van der Waals surface area contributed by atoms with Gasteiger partial charge in [-0.15, -0.1) is 0 Å². The maximum atomic E-state index is 13.4. The number of nitrogens with one attached hydrogen (secondary N) is 2. The van der Waals surface area contributed by atoms with Crippen molar-refractivity contribution in [1.29, 1.82) is 0 Å². The summed E-state index contributed by atoms with van der Waals surface area (Å²) in [7, 11) is 0. The largest absolute Gasteiger partial charge is 0.493 e. The highest BCUT2D eigenvalue weighted by Crippen LogP contribution is 2.35. The van der Waals surface area contributed by atoms with Gasteiger partial charge in [-0.25, -0.2) is 4.98 Å². The highest BCUT2D eigenvalue weighted by Gasteiger charge is 2.35.